The van der Waals surface area contributed by atoms with Gasteiger partial charge < -0.3 is 15.2 Å². The van der Waals surface area contributed by atoms with E-state index in [1.807, 2.05) is 6.92 Å². The molecule has 0 heterocycles. The molecule has 80 valence electrons. The van der Waals surface area contributed by atoms with Crippen molar-refractivity contribution in [2.24, 2.45) is 11.8 Å². The highest BCUT2D eigenvalue weighted by molar-refractivity contribution is 5.89. The Morgan fingerprint density at radius 1 is 1.57 bits per heavy atom. The highest BCUT2D eigenvalue weighted by atomic mass is 16.5. The fourth-order valence-corrected chi connectivity index (χ4v) is 1.22. The Bertz CT molecular complexity index is 241. The zero-order chi connectivity index (χ0) is 10.7. The second-order valence-corrected chi connectivity index (χ2v) is 3.58. The van der Waals surface area contributed by atoms with Gasteiger partial charge in [0.1, 0.15) is 0 Å². The molecule has 1 saturated carbocycles. The Morgan fingerprint density at radius 3 is 2.64 bits per heavy atom. The third kappa shape index (κ3) is 2.70. The van der Waals surface area contributed by atoms with Crippen LogP contribution in [0.2, 0.25) is 0 Å². The van der Waals surface area contributed by atoms with Gasteiger partial charge in [-0.1, -0.05) is 0 Å². The first-order chi connectivity index (χ1) is 6.56. The van der Waals surface area contributed by atoms with Crippen molar-refractivity contribution in [2.45, 2.75) is 19.4 Å². The van der Waals surface area contributed by atoms with Gasteiger partial charge in [0.25, 0.3) is 0 Å². The summed E-state index contributed by atoms with van der Waals surface area (Å²) in [7, 11) is 1.56. The van der Waals surface area contributed by atoms with Crippen molar-refractivity contribution < 1.29 is 19.4 Å². The maximum absolute atomic E-state index is 11.3. The van der Waals surface area contributed by atoms with E-state index in [2.05, 4.69) is 5.32 Å². The van der Waals surface area contributed by atoms with Crippen molar-refractivity contribution in [3.05, 3.63) is 0 Å². The van der Waals surface area contributed by atoms with E-state index in [1.54, 1.807) is 7.11 Å². The average Bonchev–Trinajstić information content (AvgIpc) is 2.92. The van der Waals surface area contributed by atoms with Crippen molar-refractivity contribution in [2.75, 3.05) is 13.7 Å². The zero-order valence-electron chi connectivity index (χ0n) is 8.32. The predicted octanol–water partition coefficient (Wildman–Crippen LogP) is -0.142. The molecule has 0 radical (unpaired) electrons. The summed E-state index contributed by atoms with van der Waals surface area (Å²) in [6.45, 7) is 2.26. The van der Waals surface area contributed by atoms with Crippen molar-refractivity contribution in [3.8, 4) is 0 Å². The van der Waals surface area contributed by atoms with Gasteiger partial charge in [-0.15, -0.1) is 0 Å². The van der Waals surface area contributed by atoms with Crippen LogP contribution in [-0.4, -0.2) is 36.7 Å². The summed E-state index contributed by atoms with van der Waals surface area (Å²) in [6, 6.07) is 0. The molecule has 1 amide bonds. The van der Waals surface area contributed by atoms with E-state index in [4.69, 9.17) is 9.84 Å². The third-order valence-corrected chi connectivity index (χ3v) is 2.41. The van der Waals surface area contributed by atoms with E-state index in [0.29, 0.717) is 13.0 Å². The number of nitrogens with one attached hydrogen (secondary N) is 1. The molecule has 1 rings (SSSR count). The fraction of sp³-hybridized carbons (Fsp3) is 0.778. The number of amides is 1. The standard InChI is InChI=1S/C9H15NO4/c1-5(14-2)4-10-8(11)6-3-7(6)9(12)13/h5-7H,3-4H2,1-2H3,(H,10,11)(H,12,13)/t5?,6-,7+/m1/s1. The van der Waals surface area contributed by atoms with Gasteiger partial charge in [-0.25, -0.2) is 0 Å². The largest absolute Gasteiger partial charge is 0.481 e. The Labute approximate surface area is 82.4 Å². The summed E-state index contributed by atoms with van der Waals surface area (Å²) >= 11 is 0. The van der Waals surface area contributed by atoms with Crippen LogP contribution in [0.25, 0.3) is 0 Å². The molecular formula is C9H15NO4. The van der Waals surface area contributed by atoms with Gasteiger partial charge >= 0.3 is 5.97 Å². The summed E-state index contributed by atoms with van der Waals surface area (Å²) in [6.07, 6.45) is 0.420. The van der Waals surface area contributed by atoms with E-state index in [0.717, 1.165) is 0 Å². The van der Waals surface area contributed by atoms with Crippen molar-refractivity contribution in [3.63, 3.8) is 0 Å². The number of hydrogen-bond acceptors (Lipinski definition) is 3. The predicted molar refractivity (Wildman–Crippen MR) is 48.7 cm³/mol. The minimum atomic E-state index is -0.884. The summed E-state index contributed by atoms with van der Waals surface area (Å²) in [5.74, 6) is -1.88. The molecule has 0 aliphatic heterocycles. The van der Waals surface area contributed by atoms with Crippen molar-refractivity contribution >= 4 is 11.9 Å². The minimum Gasteiger partial charge on any atom is -0.481 e. The lowest BCUT2D eigenvalue weighted by Crippen LogP contribution is -2.33. The lowest BCUT2D eigenvalue weighted by molar-refractivity contribution is -0.140. The van der Waals surface area contributed by atoms with Crippen LogP contribution in [0.1, 0.15) is 13.3 Å². The van der Waals surface area contributed by atoms with Crippen molar-refractivity contribution in [1.82, 2.24) is 5.32 Å². The average molecular weight is 201 g/mol. The lowest BCUT2D eigenvalue weighted by Gasteiger charge is -2.10. The summed E-state index contributed by atoms with van der Waals surface area (Å²) < 4.78 is 4.94. The molecule has 1 unspecified atom stereocenters. The normalized spacial score (nSPS) is 26.7. The number of methoxy groups -OCH3 is 1. The maximum atomic E-state index is 11.3. The Morgan fingerprint density at radius 2 is 2.21 bits per heavy atom. The highest BCUT2D eigenvalue weighted by Crippen LogP contribution is 2.38. The number of hydrogen-bond donors (Lipinski definition) is 2. The first-order valence-corrected chi connectivity index (χ1v) is 4.59. The first kappa shape index (κ1) is 11.0. The Hall–Kier alpha value is -1.10. The fourth-order valence-electron chi connectivity index (χ4n) is 1.22. The van der Waals surface area contributed by atoms with E-state index in [9.17, 15) is 9.59 Å². The number of ether oxygens (including phenoxy) is 1. The molecule has 2 N–H and O–H groups in total. The van der Waals surface area contributed by atoms with E-state index in [-0.39, 0.29) is 17.9 Å². The van der Waals surface area contributed by atoms with Crippen LogP contribution in [0.15, 0.2) is 0 Å². The number of carboxylic acids is 1. The molecule has 1 fully saturated rings. The lowest BCUT2D eigenvalue weighted by atomic mass is 10.3. The third-order valence-electron chi connectivity index (χ3n) is 2.41. The quantitative estimate of drug-likeness (QED) is 0.649. The Kier molecular flexibility index (Phi) is 3.46. The van der Waals surface area contributed by atoms with Gasteiger partial charge in [0.15, 0.2) is 0 Å². The maximum Gasteiger partial charge on any atom is 0.307 e. The number of carbonyl (C=O) groups is 2. The zero-order valence-corrected chi connectivity index (χ0v) is 8.32. The number of carboxylic acid groups (broad SMARTS) is 1. The topological polar surface area (TPSA) is 75.6 Å². The molecule has 3 atom stereocenters. The van der Waals surface area contributed by atoms with Crippen LogP contribution < -0.4 is 5.32 Å². The first-order valence-electron chi connectivity index (χ1n) is 4.59. The monoisotopic (exact) mass is 201 g/mol. The highest BCUT2D eigenvalue weighted by Gasteiger charge is 2.48. The number of rotatable bonds is 5. The molecule has 0 spiro atoms. The second-order valence-electron chi connectivity index (χ2n) is 3.58. The Balaban J connectivity index is 2.21. The van der Waals surface area contributed by atoms with Gasteiger partial charge in [0.05, 0.1) is 17.9 Å². The summed E-state index contributed by atoms with van der Waals surface area (Å²) in [5.41, 5.74) is 0. The molecule has 0 aromatic heterocycles. The van der Waals surface area contributed by atoms with E-state index in [1.165, 1.54) is 0 Å². The molecule has 5 nitrogen and oxygen atoms in total. The molecule has 0 aromatic rings. The molecule has 0 saturated heterocycles. The molecule has 1 aliphatic rings. The van der Waals surface area contributed by atoms with Gasteiger partial charge in [-0.05, 0) is 13.3 Å². The molecule has 5 heteroatoms. The summed E-state index contributed by atoms with van der Waals surface area (Å²) in [5, 5.41) is 11.2. The van der Waals surface area contributed by atoms with Crippen LogP contribution in [-0.2, 0) is 14.3 Å². The molecule has 0 aromatic carbocycles. The van der Waals surface area contributed by atoms with Crippen molar-refractivity contribution in [1.29, 1.82) is 0 Å². The van der Waals surface area contributed by atoms with Gasteiger partial charge in [0.2, 0.25) is 5.91 Å². The van der Waals surface area contributed by atoms with Crippen LogP contribution in [0, 0.1) is 11.8 Å². The molecule has 1 aliphatic carbocycles. The molecule has 14 heavy (non-hydrogen) atoms. The smallest absolute Gasteiger partial charge is 0.307 e. The summed E-state index contributed by atoms with van der Waals surface area (Å²) in [4.78, 5) is 21.8. The minimum absolute atomic E-state index is 0.0408. The van der Waals surface area contributed by atoms with Crippen LogP contribution in [0.5, 0.6) is 0 Å². The molecular weight excluding hydrogens is 186 g/mol. The SMILES string of the molecule is COC(C)CNC(=O)[C@@H]1C[C@@H]1C(=O)O. The molecule has 0 bridgehead atoms. The number of aliphatic carboxylic acids is 1. The second kappa shape index (κ2) is 4.41. The van der Waals surface area contributed by atoms with Gasteiger partial charge in [0, 0.05) is 13.7 Å². The van der Waals surface area contributed by atoms with Gasteiger partial charge in [-0.2, -0.15) is 0 Å². The number of carbonyl (C=O) groups excluding carboxylic acids is 1. The van der Waals surface area contributed by atoms with Crippen LogP contribution in [0.4, 0.5) is 0 Å². The van der Waals surface area contributed by atoms with E-state index >= 15 is 0 Å². The van der Waals surface area contributed by atoms with E-state index < -0.39 is 11.9 Å². The van der Waals surface area contributed by atoms with Crippen LogP contribution >= 0.6 is 0 Å². The van der Waals surface area contributed by atoms with Crippen LogP contribution in [0.3, 0.4) is 0 Å². The van der Waals surface area contributed by atoms with Gasteiger partial charge in [-0.3, -0.25) is 9.59 Å².